The number of carbonyl (C=O) groups is 2. The zero-order valence-corrected chi connectivity index (χ0v) is 16.8. The van der Waals surface area contributed by atoms with Gasteiger partial charge in [-0.1, -0.05) is 72.3 Å². The van der Waals surface area contributed by atoms with E-state index in [1.807, 2.05) is 73.7 Å². The average molecular weight is 403 g/mol. The number of urea groups is 1. The van der Waals surface area contributed by atoms with Crippen LogP contribution < -0.4 is 16.0 Å². The van der Waals surface area contributed by atoms with Gasteiger partial charge in [-0.2, -0.15) is 0 Å². The summed E-state index contributed by atoms with van der Waals surface area (Å²) in [6, 6.07) is 21.2. The van der Waals surface area contributed by atoms with E-state index < -0.39 is 17.7 Å². The molecule has 3 aromatic carbocycles. The van der Waals surface area contributed by atoms with Crippen LogP contribution >= 0.6 is 0 Å². The van der Waals surface area contributed by atoms with Crippen molar-refractivity contribution in [1.29, 1.82) is 0 Å². The molecule has 0 aromatic heterocycles. The van der Waals surface area contributed by atoms with Gasteiger partial charge in [0.25, 0.3) is 0 Å². The van der Waals surface area contributed by atoms with Gasteiger partial charge in [0.1, 0.15) is 0 Å². The summed E-state index contributed by atoms with van der Waals surface area (Å²) in [5.74, 6) is -1.48. The minimum Gasteiger partial charge on any atom is -0.478 e. The Morgan fingerprint density at radius 2 is 1.87 bits per heavy atom. The summed E-state index contributed by atoms with van der Waals surface area (Å²) in [6.07, 6.45) is 0.614. The van der Waals surface area contributed by atoms with E-state index in [2.05, 4.69) is 16.0 Å². The van der Waals surface area contributed by atoms with Gasteiger partial charge in [-0.25, -0.2) is 9.59 Å². The van der Waals surface area contributed by atoms with E-state index in [9.17, 15) is 14.7 Å². The number of aryl methyl sites for hydroxylation is 1. The number of hydrogen-bond acceptors (Lipinski definition) is 3. The maximum Gasteiger partial charge on any atom is 0.345 e. The summed E-state index contributed by atoms with van der Waals surface area (Å²) >= 11 is 0. The lowest BCUT2D eigenvalue weighted by molar-refractivity contribution is -0.146. The van der Waals surface area contributed by atoms with Gasteiger partial charge in [0.05, 0.1) is 0 Å². The number of fused-ring (bicyclic) bond motifs is 1. The quantitative estimate of drug-likeness (QED) is 0.525. The molecule has 0 spiro atoms. The highest BCUT2D eigenvalue weighted by atomic mass is 16.4. The Kier molecular flexibility index (Phi) is 5.42. The Labute approximate surface area is 175 Å². The van der Waals surface area contributed by atoms with Gasteiger partial charge in [0.15, 0.2) is 5.66 Å². The molecule has 3 aromatic rings. The van der Waals surface area contributed by atoms with Crippen molar-refractivity contribution in [1.82, 2.24) is 16.0 Å². The van der Waals surface area contributed by atoms with Crippen molar-refractivity contribution in [2.75, 3.05) is 6.54 Å². The van der Waals surface area contributed by atoms with Gasteiger partial charge in [-0.3, -0.25) is 5.32 Å². The fraction of sp³-hybridized carbons (Fsp3) is 0.250. The highest BCUT2D eigenvalue weighted by Gasteiger charge is 2.51. The molecule has 154 valence electrons. The van der Waals surface area contributed by atoms with Crippen LogP contribution in [-0.2, 0) is 11.3 Å². The van der Waals surface area contributed by atoms with E-state index in [0.717, 1.165) is 27.5 Å². The van der Waals surface area contributed by atoms with Gasteiger partial charge >= 0.3 is 12.0 Å². The molecule has 0 radical (unpaired) electrons. The van der Waals surface area contributed by atoms with E-state index in [1.54, 1.807) is 0 Å². The number of benzene rings is 3. The fourth-order valence-electron chi connectivity index (χ4n) is 4.23. The van der Waals surface area contributed by atoms with E-state index in [0.29, 0.717) is 19.5 Å². The Morgan fingerprint density at radius 3 is 2.63 bits per heavy atom. The maximum atomic E-state index is 12.6. The first-order valence-electron chi connectivity index (χ1n) is 10.1. The number of carboxylic acids is 1. The highest BCUT2D eigenvalue weighted by Crippen LogP contribution is 2.36. The fourth-order valence-corrected chi connectivity index (χ4v) is 4.23. The molecular formula is C24H25N3O3. The van der Waals surface area contributed by atoms with Crippen LogP contribution in [0, 0.1) is 6.92 Å². The predicted molar refractivity (Wildman–Crippen MR) is 116 cm³/mol. The predicted octanol–water partition coefficient (Wildman–Crippen LogP) is 3.51. The second kappa shape index (κ2) is 8.16. The molecule has 4 rings (SSSR count). The van der Waals surface area contributed by atoms with Crippen LogP contribution in [0.25, 0.3) is 10.8 Å². The van der Waals surface area contributed by atoms with Gasteiger partial charge in [-0.05, 0) is 41.8 Å². The molecule has 4 N–H and O–H groups in total. The Hall–Kier alpha value is -3.38. The van der Waals surface area contributed by atoms with Crippen molar-refractivity contribution < 1.29 is 14.7 Å². The molecule has 30 heavy (non-hydrogen) atoms. The van der Waals surface area contributed by atoms with E-state index in [1.165, 1.54) is 0 Å². The number of hydrogen-bond donors (Lipinski definition) is 4. The summed E-state index contributed by atoms with van der Waals surface area (Å²) in [4.78, 5) is 25.0. The lowest BCUT2D eigenvalue weighted by Crippen LogP contribution is -2.65. The minimum absolute atomic E-state index is 0.323. The van der Waals surface area contributed by atoms with E-state index >= 15 is 0 Å². The number of aliphatic carboxylic acids is 1. The number of carbonyl (C=O) groups excluding carboxylic acids is 1. The maximum absolute atomic E-state index is 12.6. The normalized spacial score (nSPS) is 20.8. The molecule has 1 heterocycles. The third-order valence-electron chi connectivity index (χ3n) is 5.72. The van der Waals surface area contributed by atoms with Crippen molar-refractivity contribution in [2.45, 2.75) is 31.5 Å². The molecule has 0 saturated carbocycles. The number of nitrogens with one attached hydrogen (secondary N) is 3. The summed E-state index contributed by atoms with van der Waals surface area (Å²) in [6.45, 7) is 2.81. The first-order chi connectivity index (χ1) is 14.5. The van der Waals surface area contributed by atoms with Gasteiger partial charge in [-0.15, -0.1) is 0 Å². The van der Waals surface area contributed by atoms with E-state index in [-0.39, 0.29) is 5.92 Å². The van der Waals surface area contributed by atoms with Crippen LogP contribution in [0.2, 0.25) is 0 Å². The van der Waals surface area contributed by atoms with Gasteiger partial charge in [0.2, 0.25) is 0 Å². The van der Waals surface area contributed by atoms with Crippen LogP contribution in [0.5, 0.6) is 0 Å². The molecule has 1 fully saturated rings. The van der Waals surface area contributed by atoms with Crippen molar-refractivity contribution in [2.24, 2.45) is 0 Å². The second-order valence-corrected chi connectivity index (χ2v) is 7.78. The molecule has 1 saturated heterocycles. The Morgan fingerprint density at radius 1 is 1.07 bits per heavy atom. The molecular weight excluding hydrogens is 378 g/mol. The first-order valence-corrected chi connectivity index (χ1v) is 10.1. The molecule has 6 nitrogen and oxygen atoms in total. The SMILES string of the molecule is Cc1cccc(CNC(=O)N[C@]2(C(=O)O)NCCC2c2ccc3ccccc3c2)c1. The molecule has 0 aliphatic carbocycles. The number of rotatable bonds is 5. The number of carboxylic acid groups (broad SMARTS) is 1. The molecule has 6 heteroatoms. The van der Waals surface area contributed by atoms with Crippen LogP contribution in [0.4, 0.5) is 4.79 Å². The Bertz CT molecular complexity index is 1100. The molecule has 2 atom stereocenters. The largest absolute Gasteiger partial charge is 0.478 e. The Balaban J connectivity index is 1.55. The topological polar surface area (TPSA) is 90.5 Å². The molecule has 1 unspecified atom stereocenters. The lowest BCUT2D eigenvalue weighted by Gasteiger charge is -2.32. The third-order valence-corrected chi connectivity index (χ3v) is 5.72. The highest BCUT2D eigenvalue weighted by molar-refractivity contribution is 5.88. The van der Waals surface area contributed by atoms with Crippen molar-refractivity contribution >= 4 is 22.8 Å². The van der Waals surface area contributed by atoms with Crippen molar-refractivity contribution in [3.05, 3.63) is 83.4 Å². The minimum atomic E-state index is -1.56. The van der Waals surface area contributed by atoms with Gasteiger partial charge < -0.3 is 15.7 Å². The molecule has 1 aliphatic rings. The summed E-state index contributed by atoms with van der Waals surface area (Å²) < 4.78 is 0. The lowest BCUT2D eigenvalue weighted by atomic mass is 9.85. The van der Waals surface area contributed by atoms with Gasteiger partial charge in [0, 0.05) is 12.5 Å². The standard InChI is InChI=1S/C24H25N3O3/c1-16-5-4-6-17(13-16)15-25-23(30)27-24(22(28)29)21(11-12-26-24)20-10-9-18-7-2-3-8-19(18)14-20/h2-10,13-14,21,26H,11-12,15H2,1H3,(H,28,29)(H2,25,27,30)/t21?,24-/m1/s1. The van der Waals surface area contributed by atoms with Crippen LogP contribution in [0.15, 0.2) is 66.7 Å². The second-order valence-electron chi connectivity index (χ2n) is 7.78. The van der Waals surface area contributed by atoms with Crippen molar-refractivity contribution in [3.63, 3.8) is 0 Å². The zero-order chi connectivity index (χ0) is 21.1. The van der Waals surface area contributed by atoms with E-state index in [4.69, 9.17) is 0 Å². The van der Waals surface area contributed by atoms with Crippen molar-refractivity contribution in [3.8, 4) is 0 Å². The molecule has 0 bridgehead atoms. The number of amides is 2. The van der Waals surface area contributed by atoms with Crippen LogP contribution in [0.1, 0.15) is 29.0 Å². The first kappa shape index (κ1) is 19.9. The van der Waals surface area contributed by atoms with Crippen LogP contribution in [-0.4, -0.2) is 29.3 Å². The third kappa shape index (κ3) is 3.86. The smallest absolute Gasteiger partial charge is 0.345 e. The van der Waals surface area contributed by atoms with Crippen LogP contribution in [0.3, 0.4) is 0 Å². The molecule has 2 amide bonds. The average Bonchev–Trinajstić information content (AvgIpc) is 3.17. The summed E-state index contributed by atoms with van der Waals surface area (Å²) in [5, 5.41) is 20.7. The monoisotopic (exact) mass is 403 g/mol. The molecule has 1 aliphatic heterocycles. The summed E-state index contributed by atoms with van der Waals surface area (Å²) in [7, 11) is 0. The summed E-state index contributed by atoms with van der Waals surface area (Å²) in [5.41, 5.74) is 1.39. The zero-order valence-electron chi connectivity index (χ0n) is 16.8.